The minimum atomic E-state index is -0.162. The molecule has 1 aliphatic rings. The highest BCUT2D eigenvalue weighted by atomic mass is 79.9. The average molecular weight is 397 g/mol. The van der Waals surface area contributed by atoms with Crippen LogP contribution in [0.4, 0.5) is 0 Å². The first kappa shape index (κ1) is 14.7. The van der Waals surface area contributed by atoms with Crippen LogP contribution in [0.1, 0.15) is 24.2 Å². The summed E-state index contributed by atoms with van der Waals surface area (Å²) in [5, 5.41) is 0. The SMILES string of the molecule is CC1(C)CN(CC(=O)c2cc(Br)sc2Br)CCO1. The van der Waals surface area contributed by atoms with E-state index in [0.29, 0.717) is 13.2 Å². The fraction of sp³-hybridized carbons (Fsp3) is 0.583. The first-order valence-electron chi connectivity index (χ1n) is 5.72. The largest absolute Gasteiger partial charge is 0.373 e. The van der Waals surface area contributed by atoms with Crippen molar-refractivity contribution in [3.8, 4) is 0 Å². The molecule has 0 N–H and O–H groups in total. The molecular weight excluding hydrogens is 382 g/mol. The van der Waals surface area contributed by atoms with Crippen molar-refractivity contribution < 1.29 is 9.53 Å². The minimum absolute atomic E-state index is 0.154. The van der Waals surface area contributed by atoms with Gasteiger partial charge in [-0.1, -0.05) is 0 Å². The first-order chi connectivity index (χ1) is 8.37. The van der Waals surface area contributed by atoms with E-state index in [-0.39, 0.29) is 11.4 Å². The normalized spacial score (nSPS) is 20.0. The van der Waals surface area contributed by atoms with Crippen LogP contribution in [0.25, 0.3) is 0 Å². The summed E-state index contributed by atoms with van der Waals surface area (Å²) in [6.07, 6.45) is 0. The van der Waals surface area contributed by atoms with Crippen LogP contribution in [0.5, 0.6) is 0 Å². The zero-order chi connectivity index (χ0) is 13.3. The monoisotopic (exact) mass is 395 g/mol. The molecule has 18 heavy (non-hydrogen) atoms. The van der Waals surface area contributed by atoms with Crippen LogP contribution < -0.4 is 0 Å². The number of carbonyl (C=O) groups excluding carboxylic acids is 1. The average Bonchev–Trinajstić information content (AvgIpc) is 2.56. The summed E-state index contributed by atoms with van der Waals surface area (Å²) >= 11 is 8.36. The molecule has 1 aliphatic heterocycles. The van der Waals surface area contributed by atoms with Gasteiger partial charge in [0.1, 0.15) is 0 Å². The lowest BCUT2D eigenvalue weighted by Crippen LogP contribution is -2.49. The van der Waals surface area contributed by atoms with Crippen LogP contribution in [0.3, 0.4) is 0 Å². The zero-order valence-corrected chi connectivity index (χ0v) is 14.3. The number of morpholine rings is 1. The van der Waals surface area contributed by atoms with Crippen molar-refractivity contribution in [3.05, 3.63) is 19.2 Å². The number of ketones is 1. The first-order valence-corrected chi connectivity index (χ1v) is 8.12. The van der Waals surface area contributed by atoms with Crippen molar-refractivity contribution >= 4 is 49.0 Å². The molecule has 6 heteroatoms. The van der Waals surface area contributed by atoms with Crippen molar-refractivity contribution in [1.29, 1.82) is 0 Å². The molecule has 0 aromatic carbocycles. The smallest absolute Gasteiger partial charge is 0.178 e. The van der Waals surface area contributed by atoms with E-state index in [1.807, 2.05) is 6.07 Å². The standard InChI is InChI=1S/C12H15Br2NO2S/c1-12(2)7-15(3-4-17-12)6-9(16)8-5-10(13)18-11(8)14/h5H,3-4,6-7H2,1-2H3. The van der Waals surface area contributed by atoms with E-state index in [1.165, 1.54) is 11.3 Å². The van der Waals surface area contributed by atoms with Crippen molar-refractivity contribution in [2.45, 2.75) is 19.4 Å². The molecule has 0 unspecified atom stereocenters. The summed E-state index contributed by atoms with van der Waals surface area (Å²) in [5.41, 5.74) is 0.599. The van der Waals surface area contributed by atoms with Crippen LogP contribution in [0, 0.1) is 0 Å². The van der Waals surface area contributed by atoms with Gasteiger partial charge in [-0.3, -0.25) is 9.69 Å². The molecule has 0 radical (unpaired) electrons. The van der Waals surface area contributed by atoms with Gasteiger partial charge in [-0.15, -0.1) is 11.3 Å². The van der Waals surface area contributed by atoms with Gasteiger partial charge >= 0.3 is 0 Å². The van der Waals surface area contributed by atoms with E-state index in [2.05, 4.69) is 50.6 Å². The Morgan fingerprint density at radius 1 is 1.56 bits per heavy atom. The van der Waals surface area contributed by atoms with E-state index in [9.17, 15) is 4.79 Å². The molecule has 2 rings (SSSR count). The van der Waals surface area contributed by atoms with Crippen LogP contribution in [-0.4, -0.2) is 42.5 Å². The lowest BCUT2D eigenvalue weighted by Gasteiger charge is -2.37. The molecule has 0 amide bonds. The highest BCUT2D eigenvalue weighted by molar-refractivity contribution is 9.12. The molecule has 1 saturated heterocycles. The van der Waals surface area contributed by atoms with Gasteiger partial charge in [-0.2, -0.15) is 0 Å². The van der Waals surface area contributed by atoms with Crippen molar-refractivity contribution in [2.24, 2.45) is 0 Å². The second kappa shape index (κ2) is 5.71. The second-order valence-electron chi connectivity index (χ2n) is 4.98. The fourth-order valence-corrected chi connectivity index (χ4v) is 4.92. The Kier molecular flexibility index (Phi) is 4.65. The molecule has 1 aromatic heterocycles. The second-order valence-corrected chi connectivity index (χ2v) is 8.73. The third kappa shape index (κ3) is 3.63. The number of rotatable bonds is 3. The maximum absolute atomic E-state index is 12.2. The number of carbonyl (C=O) groups is 1. The van der Waals surface area contributed by atoms with Gasteiger partial charge in [0.05, 0.1) is 26.3 Å². The van der Waals surface area contributed by atoms with Crippen molar-refractivity contribution in [3.63, 3.8) is 0 Å². The third-order valence-electron chi connectivity index (χ3n) is 2.83. The molecule has 0 spiro atoms. The molecule has 0 atom stereocenters. The number of hydrogen-bond acceptors (Lipinski definition) is 4. The van der Waals surface area contributed by atoms with Gasteiger partial charge in [0.15, 0.2) is 5.78 Å². The maximum Gasteiger partial charge on any atom is 0.178 e. The number of nitrogens with zero attached hydrogens (tertiary/aromatic N) is 1. The summed E-state index contributed by atoms with van der Waals surface area (Å²) in [6, 6.07) is 1.88. The predicted octanol–water partition coefficient (Wildman–Crippen LogP) is 3.57. The van der Waals surface area contributed by atoms with Gasteiger partial charge in [0.2, 0.25) is 0 Å². The Balaban J connectivity index is 2.01. The van der Waals surface area contributed by atoms with Crippen LogP contribution in [0.15, 0.2) is 13.6 Å². The number of ether oxygens (including phenoxy) is 1. The van der Waals surface area contributed by atoms with Gasteiger partial charge < -0.3 is 4.74 Å². The summed E-state index contributed by atoms with van der Waals surface area (Å²) in [7, 11) is 0. The predicted molar refractivity (Wildman–Crippen MR) is 80.5 cm³/mol. The fourth-order valence-electron chi connectivity index (χ4n) is 2.07. The summed E-state index contributed by atoms with van der Waals surface area (Å²) < 4.78 is 7.51. The van der Waals surface area contributed by atoms with Crippen molar-refractivity contribution in [2.75, 3.05) is 26.2 Å². The number of hydrogen-bond donors (Lipinski definition) is 0. The lowest BCUT2D eigenvalue weighted by molar-refractivity contribution is -0.0833. The van der Waals surface area contributed by atoms with Gasteiger partial charge in [-0.25, -0.2) is 0 Å². The van der Waals surface area contributed by atoms with E-state index >= 15 is 0 Å². The van der Waals surface area contributed by atoms with Gasteiger partial charge in [0, 0.05) is 18.7 Å². The topological polar surface area (TPSA) is 29.5 Å². The van der Waals surface area contributed by atoms with E-state index in [4.69, 9.17) is 4.74 Å². The lowest BCUT2D eigenvalue weighted by atomic mass is 10.1. The molecule has 1 fully saturated rings. The zero-order valence-electron chi connectivity index (χ0n) is 10.3. The highest BCUT2D eigenvalue weighted by Crippen LogP contribution is 2.32. The van der Waals surface area contributed by atoms with Crippen molar-refractivity contribution in [1.82, 2.24) is 4.90 Å². The number of Topliss-reactive ketones (excluding diaryl/α,β-unsaturated/α-hetero) is 1. The Morgan fingerprint density at radius 2 is 2.28 bits per heavy atom. The number of thiophene rings is 1. The minimum Gasteiger partial charge on any atom is -0.373 e. The Morgan fingerprint density at radius 3 is 2.83 bits per heavy atom. The molecular formula is C12H15Br2NO2S. The Bertz CT molecular complexity index is 459. The quantitative estimate of drug-likeness (QED) is 0.731. The molecule has 3 nitrogen and oxygen atoms in total. The van der Waals surface area contributed by atoms with Crippen LogP contribution in [-0.2, 0) is 4.74 Å². The van der Waals surface area contributed by atoms with E-state index in [1.54, 1.807) is 0 Å². The molecule has 0 bridgehead atoms. The summed E-state index contributed by atoms with van der Waals surface area (Å²) in [6.45, 7) is 6.87. The molecule has 100 valence electrons. The molecule has 0 saturated carbocycles. The number of halogens is 2. The Labute approximate surface area is 128 Å². The molecule has 0 aliphatic carbocycles. The van der Waals surface area contributed by atoms with E-state index in [0.717, 1.165) is 26.2 Å². The summed E-state index contributed by atoms with van der Waals surface area (Å²) in [5.74, 6) is 0.154. The summed E-state index contributed by atoms with van der Waals surface area (Å²) in [4.78, 5) is 14.4. The van der Waals surface area contributed by atoms with E-state index < -0.39 is 0 Å². The third-order valence-corrected chi connectivity index (χ3v) is 5.17. The molecule has 2 heterocycles. The van der Waals surface area contributed by atoms with Crippen LogP contribution in [0.2, 0.25) is 0 Å². The van der Waals surface area contributed by atoms with Gasteiger partial charge in [0.25, 0.3) is 0 Å². The molecule has 1 aromatic rings. The van der Waals surface area contributed by atoms with Gasteiger partial charge in [-0.05, 0) is 51.8 Å². The Hall–Kier alpha value is 0.250. The maximum atomic E-state index is 12.2. The highest BCUT2D eigenvalue weighted by Gasteiger charge is 2.28. The van der Waals surface area contributed by atoms with Crippen LogP contribution >= 0.6 is 43.2 Å².